The minimum Gasteiger partial charge on any atom is -0.444 e. The summed E-state index contributed by atoms with van der Waals surface area (Å²) in [5, 5.41) is 0. The van der Waals surface area contributed by atoms with Gasteiger partial charge in [-0.25, -0.2) is 4.79 Å². The van der Waals surface area contributed by atoms with Crippen molar-refractivity contribution in [2.24, 2.45) is 0 Å². The van der Waals surface area contributed by atoms with Crippen molar-refractivity contribution < 1.29 is 9.53 Å². The summed E-state index contributed by atoms with van der Waals surface area (Å²) < 4.78 is 5.17. The minimum atomic E-state index is -0.389. The van der Waals surface area contributed by atoms with Gasteiger partial charge in [-0.2, -0.15) is 0 Å². The van der Waals surface area contributed by atoms with Crippen LogP contribution in [0.25, 0.3) is 0 Å². The Morgan fingerprint density at radius 1 is 1.21 bits per heavy atom. The molecule has 84 valence electrons. The Kier molecular flexibility index (Phi) is 8.20. The van der Waals surface area contributed by atoms with Gasteiger partial charge in [-0.3, -0.25) is 0 Å². The average Bonchev–Trinajstić information content (AvgIpc) is 2.07. The topological polar surface area (TPSA) is 29.5 Å². The van der Waals surface area contributed by atoms with Gasteiger partial charge in [-0.15, -0.1) is 13.2 Å². The SMILES string of the molecule is C=C.CCN(CC)C(=O)OC(C)(C)C. The largest absolute Gasteiger partial charge is 0.444 e. The molecule has 1 amide bonds. The molecular weight excluding hydrogens is 178 g/mol. The third kappa shape index (κ3) is 7.65. The van der Waals surface area contributed by atoms with Gasteiger partial charge in [-0.05, 0) is 34.6 Å². The molecule has 0 heterocycles. The van der Waals surface area contributed by atoms with Crippen molar-refractivity contribution in [3.63, 3.8) is 0 Å². The van der Waals surface area contributed by atoms with Crippen molar-refractivity contribution in [3.8, 4) is 0 Å². The van der Waals surface area contributed by atoms with E-state index >= 15 is 0 Å². The molecule has 0 N–H and O–H groups in total. The minimum absolute atomic E-state index is 0.229. The number of carbonyl (C=O) groups is 1. The Balaban J connectivity index is 0. The molecule has 0 atom stereocenters. The maximum atomic E-state index is 11.3. The lowest BCUT2D eigenvalue weighted by atomic mass is 10.2. The Hall–Kier alpha value is -0.990. The second-order valence-corrected chi connectivity index (χ2v) is 3.65. The van der Waals surface area contributed by atoms with E-state index in [0.717, 1.165) is 0 Å². The predicted octanol–water partition coefficient (Wildman–Crippen LogP) is 3.07. The number of hydrogen-bond donors (Lipinski definition) is 0. The van der Waals surface area contributed by atoms with Crippen LogP contribution in [-0.2, 0) is 4.74 Å². The normalized spacial score (nSPS) is 9.79. The van der Waals surface area contributed by atoms with Crippen LogP contribution in [0, 0.1) is 0 Å². The van der Waals surface area contributed by atoms with Gasteiger partial charge in [0.15, 0.2) is 0 Å². The highest BCUT2D eigenvalue weighted by atomic mass is 16.6. The average molecular weight is 201 g/mol. The maximum Gasteiger partial charge on any atom is 0.410 e. The molecule has 0 saturated carbocycles. The number of ether oxygens (including phenoxy) is 1. The van der Waals surface area contributed by atoms with Gasteiger partial charge in [-0.1, -0.05) is 0 Å². The Morgan fingerprint density at radius 3 is 1.79 bits per heavy atom. The number of carbonyl (C=O) groups excluding carboxylic acids is 1. The molecule has 3 nitrogen and oxygen atoms in total. The van der Waals surface area contributed by atoms with Gasteiger partial charge >= 0.3 is 6.09 Å². The Morgan fingerprint density at radius 2 is 1.57 bits per heavy atom. The summed E-state index contributed by atoms with van der Waals surface area (Å²) in [5.41, 5.74) is -0.389. The molecule has 14 heavy (non-hydrogen) atoms. The van der Waals surface area contributed by atoms with E-state index in [0.29, 0.717) is 13.1 Å². The van der Waals surface area contributed by atoms with E-state index in [-0.39, 0.29) is 11.7 Å². The van der Waals surface area contributed by atoms with Crippen LogP contribution in [0.15, 0.2) is 13.2 Å². The Labute approximate surface area is 87.7 Å². The zero-order chi connectivity index (χ0) is 11.8. The molecule has 0 saturated heterocycles. The summed E-state index contributed by atoms with van der Waals surface area (Å²) in [4.78, 5) is 13.0. The first-order valence-corrected chi connectivity index (χ1v) is 4.88. The van der Waals surface area contributed by atoms with Crippen LogP contribution >= 0.6 is 0 Å². The van der Waals surface area contributed by atoms with E-state index in [1.54, 1.807) is 4.90 Å². The van der Waals surface area contributed by atoms with Crippen LogP contribution in [0.5, 0.6) is 0 Å². The van der Waals surface area contributed by atoms with Crippen molar-refractivity contribution in [2.75, 3.05) is 13.1 Å². The van der Waals surface area contributed by atoms with E-state index in [1.807, 2.05) is 34.6 Å². The van der Waals surface area contributed by atoms with E-state index in [9.17, 15) is 4.79 Å². The quantitative estimate of drug-likeness (QED) is 0.643. The molecule has 0 unspecified atom stereocenters. The second kappa shape index (κ2) is 7.42. The van der Waals surface area contributed by atoms with Crippen LogP contribution in [0.1, 0.15) is 34.6 Å². The van der Waals surface area contributed by atoms with Gasteiger partial charge in [0.05, 0.1) is 0 Å². The molecule has 0 aromatic carbocycles. The van der Waals surface area contributed by atoms with Gasteiger partial charge in [0, 0.05) is 13.1 Å². The number of hydrogen-bond acceptors (Lipinski definition) is 2. The second-order valence-electron chi connectivity index (χ2n) is 3.65. The lowest BCUT2D eigenvalue weighted by molar-refractivity contribution is 0.0270. The zero-order valence-corrected chi connectivity index (χ0v) is 10.1. The summed E-state index contributed by atoms with van der Waals surface area (Å²) in [5.74, 6) is 0. The van der Waals surface area contributed by atoms with E-state index < -0.39 is 0 Å². The van der Waals surface area contributed by atoms with Crippen molar-refractivity contribution in [1.29, 1.82) is 0 Å². The van der Waals surface area contributed by atoms with Gasteiger partial charge < -0.3 is 9.64 Å². The number of nitrogens with zero attached hydrogens (tertiary/aromatic N) is 1. The fourth-order valence-corrected chi connectivity index (χ4v) is 0.808. The van der Waals surface area contributed by atoms with Crippen molar-refractivity contribution in [3.05, 3.63) is 13.2 Å². The fourth-order valence-electron chi connectivity index (χ4n) is 0.808. The molecule has 0 aromatic heterocycles. The van der Waals surface area contributed by atoms with Crippen LogP contribution in [0.4, 0.5) is 4.79 Å². The zero-order valence-electron chi connectivity index (χ0n) is 10.1. The standard InChI is InChI=1S/C9H19NO2.C2H4/c1-6-10(7-2)8(11)12-9(3,4)5;1-2/h6-7H2,1-5H3;1-2H2. The summed E-state index contributed by atoms with van der Waals surface area (Å²) >= 11 is 0. The molecule has 3 heteroatoms. The highest BCUT2D eigenvalue weighted by Crippen LogP contribution is 2.09. The number of rotatable bonds is 2. The van der Waals surface area contributed by atoms with E-state index in [1.165, 1.54) is 0 Å². The molecule has 0 aromatic rings. The smallest absolute Gasteiger partial charge is 0.410 e. The summed E-state index contributed by atoms with van der Waals surface area (Å²) in [6.45, 7) is 16.9. The first kappa shape index (κ1) is 15.5. The molecule has 0 aliphatic carbocycles. The van der Waals surface area contributed by atoms with Crippen molar-refractivity contribution >= 4 is 6.09 Å². The maximum absolute atomic E-state index is 11.3. The highest BCUT2D eigenvalue weighted by Gasteiger charge is 2.19. The fraction of sp³-hybridized carbons (Fsp3) is 0.727. The summed E-state index contributed by atoms with van der Waals surface area (Å²) in [6.07, 6.45) is -0.229. The lowest BCUT2D eigenvalue weighted by Gasteiger charge is -2.25. The van der Waals surface area contributed by atoms with Gasteiger partial charge in [0.1, 0.15) is 5.60 Å². The molecule has 0 bridgehead atoms. The third-order valence-electron chi connectivity index (χ3n) is 1.42. The molecule has 0 fully saturated rings. The van der Waals surface area contributed by atoms with Crippen molar-refractivity contribution in [2.45, 2.75) is 40.2 Å². The van der Waals surface area contributed by atoms with E-state index in [2.05, 4.69) is 13.2 Å². The van der Waals surface area contributed by atoms with Crippen LogP contribution in [0.2, 0.25) is 0 Å². The number of amides is 1. The molecule has 0 rings (SSSR count). The summed E-state index contributed by atoms with van der Waals surface area (Å²) in [7, 11) is 0. The molecular formula is C11H23NO2. The predicted molar refractivity (Wildman–Crippen MR) is 60.4 cm³/mol. The molecule has 0 radical (unpaired) electrons. The van der Waals surface area contributed by atoms with Gasteiger partial charge in [0.2, 0.25) is 0 Å². The summed E-state index contributed by atoms with van der Waals surface area (Å²) in [6, 6.07) is 0. The molecule has 0 aliphatic rings. The van der Waals surface area contributed by atoms with Crippen LogP contribution in [0.3, 0.4) is 0 Å². The van der Waals surface area contributed by atoms with Crippen LogP contribution < -0.4 is 0 Å². The molecule has 0 spiro atoms. The van der Waals surface area contributed by atoms with Gasteiger partial charge in [0.25, 0.3) is 0 Å². The lowest BCUT2D eigenvalue weighted by Crippen LogP contribution is -2.36. The first-order chi connectivity index (χ1) is 6.40. The monoisotopic (exact) mass is 201 g/mol. The first-order valence-electron chi connectivity index (χ1n) is 4.88. The van der Waals surface area contributed by atoms with E-state index in [4.69, 9.17) is 4.74 Å². The van der Waals surface area contributed by atoms with Crippen LogP contribution in [-0.4, -0.2) is 29.7 Å². The molecule has 0 aliphatic heterocycles. The van der Waals surface area contributed by atoms with Crippen molar-refractivity contribution in [1.82, 2.24) is 4.90 Å². The highest BCUT2D eigenvalue weighted by molar-refractivity contribution is 5.67. The third-order valence-corrected chi connectivity index (χ3v) is 1.42. The Bertz CT molecular complexity index is 157.